The SMILES string of the molecule is O=C(CNC1CC1)C1=COCCC1. The molecule has 0 bridgehead atoms. The second-order valence-electron chi connectivity index (χ2n) is 3.70. The smallest absolute Gasteiger partial charge is 0.175 e. The van der Waals surface area contributed by atoms with E-state index in [-0.39, 0.29) is 5.78 Å². The predicted octanol–water partition coefficient (Wildman–Crippen LogP) is 1.00. The fraction of sp³-hybridized carbons (Fsp3) is 0.700. The van der Waals surface area contributed by atoms with Gasteiger partial charge in [0, 0.05) is 11.6 Å². The van der Waals surface area contributed by atoms with Gasteiger partial charge in [0.15, 0.2) is 5.78 Å². The molecule has 72 valence electrons. The lowest BCUT2D eigenvalue weighted by molar-refractivity contribution is -0.115. The Labute approximate surface area is 78.1 Å². The zero-order valence-electron chi connectivity index (χ0n) is 7.71. The van der Waals surface area contributed by atoms with Crippen molar-refractivity contribution in [1.82, 2.24) is 5.32 Å². The first-order valence-corrected chi connectivity index (χ1v) is 4.93. The largest absolute Gasteiger partial charge is 0.501 e. The van der Waals surface area contributed by atoms with E-state index in [9.17, 15) is 4.79 Å². The van der Waals surface area contributed by atoms with Crippen LogP contribution in [-0.4, -0.2) is 25.0 Å². The summed E-state index contributed by atoms with van der Waals surface area (Å²) in [5.41, 5.74) is 0.847. The van der Waals surface area contributed by atoms with Crippen molar-refractivity contribution in [1.29, 1.82) is 0 Å². The van der Waals surface area contributed by atoms with E-state index in [0.29, 0.717) is 12.6 Å². The van der Waals surface area contributed by atoms with Crippen LogP contribution in [0.2, 0.25) is 0 Å². The first-order chi connectivity index (χ1) is 6.36. The summed E-state index contributed by atoms with van der Waals surface area (Å²) >= 11 is 0. The Morgan fingerprint density at radius 1 is 1.62 bits per heavy atom. The van der Waals surface area contributed by atoms with Crippen LogP contribution in [-0.2, 0) is 9.53 Å². The van der Waals surface area contributed by atoms with Crippen molar-refractivity contribution >= 4 is 5.78 Å². The van der Waals surface area contributed by atoms with Crippen molar-refractivity contribution < 1.29 is 9.53 Å². The second-order valence-corrected chi connectivity index (χ2v) is 3.70. The highest BCUT2D eigenvalue weighted by Crippen LogP contribution is 2.19. The van der Waals surface area contributed by atoms with E-state index in [1.165, 1.54) is 12.8 Å². The second kappa shape index (κ2) is 3.92. The number of ketones is 1. The van der Waals surface area contributed by atoms with Crippen LogP contribution < -0.4 is 5.32 Å². The minimum absolute atomic E-state index is 0.201. The molecule has 0 amide bonds. The molecule has 1 N–H and O–H groups in total. The number of nitrogens with one attached hydrogen (secondary N) is 1. The molecule has 0 saturated heterocycles. The maximum Gasteiger partial charge on any atom is 0.175 e. The number of carbonyl (C=O) groups excluding carboxylic acids is 1. The summed E-state index contributed by atoms with van der Waals surface area (Å²) in [5, 5.41) is 3.21. The van der Waals surface area contributed by atoms with Crippen molar-refractivity contribution in [3.8, 4) is 0 Å². The Morgan fingerprint density at radius 2 is 2.46 bits per heavy atom. The molecular weight excluding hydrogens is 166 g/mol. The third-order valence-corrected chi connectivity index (χ3v) is 2.42. The highest BCUT2D eigenvalue weighted by atomic mass is 16.5. The fourth-order valence-electron chi connectivity index (χ4n) is 1.41. The van der Waals surface area contributed by atoms with Crippen molar-refractivity contribution in [2.45, 2.75) is 31.7 Å². The van der Waals surface area contributed by atoms with Gasteiger partial charge in [0.2, 0.25) is 0 Å². The highest BCUT2D eigenvalue weighted by molar-refractivity contribution is 5.96. The van der Waals surface area contributed by atoms with Crippen molar-refractivity contribution in [2.24, 2.45) is 0 Å². The number of rotatable bonds is 4. The normalized spacial score (nSPS) is 22.0. The number of carbonyl (C=O) groups is 1. The van der Waals surface area contributed by atoms with Gasteiger partial charge in [-0.15, -0.1) is 0 Å². The average Bonchev–Trinajstić information content (AvgIpc) is 2.99. The molecule has 0 spiro atoms. The number of hydrogen-bond donors (Lipinski definition) is 1. The molecule has 0 unspecified atom stereocenters. The van der Waals surface area contributed by atoms with Gasteiger partial charge in [-0.05, 0) is 25.7 Å². The number of ether oxygens (including phenoxy) is 1. The van der Waals surface area contributed by atoms with Gasteiger partial charge in [0.25, 0.3) is 0 Å². The summed E-state index contributed by atoms with van der Waals surface area (Å²) in [6.07, 6.45) is 5.93. The molecule has 1 saturated carbocycles. The van der Waals surface area contributed by atoms with E-state index in [1.807, 2.05) is 0 Å². The summed E-state index contributed by atoms with van der Waals surface area (Å²) in [6.45, 7) is 1.24. The van der Waals surface area contributed by atoms with Crippen LogP contribution >= 0.6 is 0 Å². The maximum absolute atomic E-state index is 11.5. The van der Waals surface area contributed by atoms with Crippen LogP contribution in [0.25, 0.3) is 0 Å². The highest BCUT2D eigenvalue weighted by Gasteiger charge is 2.22. The van der Waals surface area contributed by atoms with Crippen molar-refractivity contribution in [3.63, 3.8) is 0 Å². The van der Waals surface area contributed by atoms with Gasteiger partial charge in [0.05, 0.1) is 19.4 Å². The zero-order chi connectivity index (χ0) is 9.10. The quantitative estimate of drug-likeness (QED) is 0.703. The van der Waals surface area contributed by atoms with Gasteiger partial charge in [-0.25, -0.2) is 0 Å². The van der Waals surface area contributed by atoms with Crippen LogP contribution in [0.3, 0.4) is 0 Å². The average molecular weight is 181 g/mol. The molecule has 2 aliphatic rings. The monoisotopic (exact) mass is 181 g/mol. The molecule has 1 aliphatic heterocycles. The standard InChI is InChI=1S/C10H15NO2/c12-10(6-11-9-3-4-9)8-2-1-5-13-7-8/h7,9,11H,1-6H2. The van der Waals surface area contributed by atoms with Crippen molar-refractivity contribution in [2.75, 3.05) is 13.2 Å². The summed E-state index contributed by atoms with van der Waals surface area (Å²) in [5.74, 6) is 0.201. The van der Waals surface area contributed by atoms with E-state index < -0.39 is 0 Å². The first-order valence-electron chi connectivity index (χ1n) is 4.93. The van der Waals surface area contributed by atoms with E-state index in [2.05, 4.69) is 5.32 Å². The van der Waals surface area contributed by atoms with Gasteiger partial charge in [-0.3, -0.25) is 4.79 Å². The first kappa shape index (κ1) is 8.75. The Morgan fingerprint density at radius 3 is 3.08 bits per heavy atom. The summed E-state index contributed by atoms with van der Waals surface area (Å²) in [4.78, 5) is 11.5. The van der Waals surface area contributed by atoms with Crippen LogP contribution in [0.5, 0.6) is 0 Å². The van der Waals surface area contributed by atoms with E-state index >= 15 is 0 Å². The van der Waals surface area contributed by atoms with Gasteiger partial charge >= 0.3 is 0 Å². The number of hydrogen-bond acceptors (Lipinski definition) is 3. The number of Topliss-reactive ketones (excluding diaryl/α,β-unsaturated/α-hetero) is 1. The maximum atomic E-state index is 11.5. The minimum atomic E-state index is 0.201. The molecule has 13 heavy (non-hydrogen) atoms. The lowest BCUT2D eigenvalue weighted by atomic mass is 10.1. The van der Waals surface area contributed by atoms with Gasteiger partial charge in [0.1, 0.15) is 0 Å². The molecule has 0 aromatic rings. The Balaban J connectivity index is 1.77. The molecule has 1 heterocycles. The Bertz CT molecular complexity index is 231. The molecule has 3 heteroatoms. The summed E-state index contributed by atoms with van der Waals surface area (Å²) < 4.78 is 5.12. The lowest BCUT2D eigenvalue weighted by Crippen LogP contribution is -2.26. The van der Waals surface area contributed by atoms with E-state index in [4.69, 9.17) is 4.74 Å². The van der Waals surface area contributed by atoms with Crippen LogP contribution in [0, 0.1) is 0 Å². The molecular formula is C10H15NO2. The van der Waals surface area contributed by atoms with Crippen molar-refractivity contribution in [3.05, 3.63) is 11.8 Å². The Hall–Kier alpha value is -0.830. The fourth-order valence-corrected chi connectivity index (χ4v) is 1.41. The molecule has 1 aliphatic carbocycles. The van der Waals surface area contributed by atoms with E-state index in [0.717, 1.165) is 25.0 Å². The van der Waals surface area contributed by atoms with Gasteiger partial charge < -0.3 is 10.1 Å². The summed E-state index contributed by atoms with van der Waals surface area (Å²) in [6, 6.07) is 0.606. The predicted molar refractivity (Wildman–Crippen MR) is 49.3 cm³/mol. The molecule has 0 aromatic heterocycles. The topological polar surface area (TPSA) is 38.3 Å². The zero-order valence-corrected chi connectivity index (χ0v) is 7.71. The minimum Gasteiger partial charge on any atom is -0.501 e. The van der Waals surface area contributed by atoms with Crippen LogP contribution in [0.1, 0.15) is 25.7 Å². The Kier molecular flexibility index (Phi) is 2.64. The molecule has 0 aromatic carbocycles. The third kappa shape index (κ3) is 2.56. The summed E-state index contributed by atoms with van der Waals surface area (Å²) in [7, 11) is 0. The van der Waals surface area contributed by atoms with Crippen LogP contribution in [0.4, 0.5) is 0 Å². The third-order valence-electron chi connectivity index (χ3n) is 2.42. The lowest BCUT2D eigenvalue weighted by Gasteiger charge is -2.12. The van der Waals surface area contributed by atoms with Crippen LogP contribution in [0.15, 0.2) is 11.8 Å². The van der Waals surface area contributed by atoms with Gasteiger partial charge in [-0.1, -0.05) is 0 Å². The van der Waals surface area contributed by atoms with E-state index in [1.54, 1.807) is 6.26 Å². The molecule has 0 atom stereocenters. The molecule has 2 rings (SSSR count). The van der Waals surface area contributed by atoms with Gasteiger partial charge in [-0.2, -0.15) is 0 Å². The molecule has 1 fully saturated rings. The molecule has 3 nitrogen and oxygen atoms in total. The molecule has 0 radical (unpaired) electrons.